The van der Waals surface area contributed by atoms with Gasteiger partial charge in [0.1, 0.15) is 0 Å². The number of hydrogen-bond acceptors (Lipinski definition) is 4. The Hall–Kier alpha value is -1.21. The topological polar surface area (TPSA) is 52.3 Å². The first kappa shape index (κ1) is 14.2. The van der Waals surface area contributed by atoms with E-state index in [-0.39, 0.29) is 5.97 Å². The van der Waals surface area contributed by atoms with Gasteiger partial charge >= 0.3 is 5.97 Å². The molecule has 0 heterocycles. The van der Waals surface area contributed by atoms with E-state index in [2.05, 4.69) is 22.6 Å². The van der Waals surface area contributed by atoms with Gasteiger partial charge in [-0.2, -0.15) is 0 Å². The molecule has 98 valence electrons. The molecular weight excluding hydrogens is 373 g/mol. The summed E-state index contributed by atoms with van der Waals surface area (Å²) in [5.41, 5.74) is 6.99. The number of hydrogen-bond donors (Lipinski definition) is 1. The van der Waals surface area contributed by atoms with Crippen molar-refractivity contribution in [2.24, 2.45) is 0 Å². The summed E-state index contributed by atoms with van der Waals surface area (Å²) in [6.07, 6.45) is 0. The van der Waals surface area contributed by atoms with Crippen molar-refractivity contribution in [3.8, 4) is 0 Å². The second kappa shape index (κ2) is 6.29. The fourth-order valence-corrected chi connectivity index (χ4v) is 3.31. The molecule has 0 saturated heterocycles. The van der Waals surface area contributed by atoms with Gasteiger partial charge in [0, 0.05) is 19.0 Å². The highest BCUT2D eigenvalue weighted by Crippen LogP contribution is 2.30. The largest absolute Gasteiger partial charge is 0.465 e. The van der Waals surface area contributed by atoms with Crippen LogP contribution in [0.25, 0.3) is 0 Å². The summed E-state index contributed by atoms with van der Waals surface area (Å²) in [4.78, 5) is 13.7. The minimum Gasteiger partial charge on any atom is -0.465 e. The van der Waals surface area contributed by atoms with Crippen LogP contribution in [0.4, 0.5) is 5.69 Å². The Bertz CT molecular complexity index is 599. The van der Waals surface area contributed by atoms with E-state index in [1.165, 1.54) is 7.11 Å². The van der Waals surface area contributed by atoms with Crippen LogP contribution in [0.1, 0.15) is 10.4 Å². The Labute approximate surface area is 129 Å². The average molecular weight is 385 g/mol. The van der Waals surface area contributed by atoms with Crippen molar-refractivity contribution < 1.29 is 9.53 Å². The molecule has 0 spiro atoms. The van der Waals surface area contributed by atoms with Gasteiger partial charge in [0.2, 0.25) is 0 Å². The molecule has 2 aromatic rings. The summed E-state index contributed by atoms with van der Waals surface area (Å²) in [5, 5.41) is 0. The lowest BCUT2D eigenvalue weighted by molar-refractivity contribution is 0.0599. The van der Waals surface area contributed by atoms with Crippen LogP contribution in [0.3, 0.4) is 0 Å². The smallest absolute Gasteiger partial charge is 0.338 e. The SMILES string of the molecule is COC(=O)c1ccc(Sc2ccc(N)cc2)cc1I. The quantitative estimate of drug-likeness (QED) is 0.496. The lowest BCUT2D eigenvalue weighted by atomic mass is 10.2. The number of esters is 1. The number of nitrogens with two attached hydrogens (primary N) is 1. The van der Waals surface area contributed by atoms with E-state index >= 15 is 0 Å². The zero-order valence-corrected chi connectivity index (χ0v) is 13.2. The molecule has 2 N–H and O–H groups in total. The molecule has 5 heteroatoms. The molecule has 0 aliphatic heterocycles. The van der Waals surface area contributed by atoms with E-state index in [0.29, 0.717) is 5.56 Å². The minimum atomic E-state index is -0.312. The zero-order valence-electron chi connectivity index (χ0n) is 10.2. The molecule has 19 heavy (non-hydrogen) atoms. The lowest BCUT2D eigenvalue weighted by Gasteiger charge is -2.06. The fourth-order valence-electron chi connectivity index (χ4n) is 1.51. The van der Waals surface area contributed by atoms with Crippen molar-refractivity contribution in [3.05, 3.63) is 51.6 Å². The Balaban J connectivity index is 2.20. The molecule has 2 aromatic carbocycles. The zero-order chi connectivity index (χ0) is 13.8. The standard InChI is InChI=1S/C14H12INO2S/c1-18-14(17)12-7-6-11(8-13(12)15)19-10-4-2-9(16)3-5-10/h2-8H,16H2,1H3. The fraction of sp³-hybridized carbons (Fsp3) is 0.0714. The number of benzene rings is 2. The maximum atomic E-state index is 11.5. The van der Waals surface area contributed by atoms with Crippen LogP contribution in [0.2, 0.25) is 0 Å². The number of rotatable bonds is 3. The Morgan fingerprint density at radius 3 is 2.37 bits per heavy atom. The number of halogens is 1. The highest BCUT2D eigenvalue weighted by molar-refractivity contribution is 14.1. The average Bonchev–Trinajstić information content (AvgIpc) is 2.41. The predicted octanol–water partition coefficient (Wildman–Crippen LogP) is 3.81. The van der Waals surface area contributed by atoms with Crippen molar-refractivity contribution >= 4 is 46.0 Å². The lowest BCUT2D eigenvalue weighted by Crippen LogP contribution is -2.03. The van der Waals surface area contributed by atoms with Gasteiger partial charge in [-0.3, -0.25) is 0 Å². The van der Waals surface area contributed by atoms with Crippen molar-refractivity contribution in [1.82, 2.24) is 0 Å². The van der Waals surface area contributed by atoms with Crippen LogP contribution in [0, 0.1) is 3.57 Å². The molecule has 0 amide bonds. The van der Waals surface area contributed by atoms with Gasteiger partial charge in [-0.1, -0.05) is 11.8 Å². The van der Waals surface area contributed by atoms with Crippen molar-refractivity contribution in [3.63, 3.8) is 0 Å². The van der Waals surface area contributed by atoms with E-state index < -0.39 is 0 Å². The molecule has 0 saturated carbocycles. The summed E-state index contributed by atoms with van der Waals surface area (Å²) in [6.45, 7) is 0. The monoisotopic (exact) mass is 385 g/mol. The van der Waals surface area contributed by atoms with Crippen LogP contribution in [-0.2, 0) is 4.74 Å². The van der Waals surface area contributed by atoms with Gasteiger partial charge in [-0.05, 0) is 65.1 Å². The maximum absolute atomic E-state index is 11.5. The van der Waals surface area contributed by atoms with E-state index in [1.807, 2.05) is 36.4 Å². The summed E-state index contributed by atoms with van der Waals surface area (Å²) in [6, 6.07) is 13.4. The third-order valence-corrected chi connectivity index (χ3v) is 4.35. The van der Waals surface area contributed by atoms with Gasteiger partial charge < -0.3 is 10.5 Å². The van der Waals surface area contributed by atoms with Crippen LogP contribution < -0.4 is 5.73 Å². The second-order valence-corrected chi connectivity index (χ2v) is 6.11. The highest BCUT2D eigenvalue weighted by Gasteiger charge is 2.10. The Morgan fingerprint density at radius 2 is 1.79 bits per heavy atom. The molecule has 0 radical (unpaired) electrons. The summed E-state index contributed by atoms with van der Waals surface area (Å²) >= 11 is 3.76. The number of nitrogen functional groups attached to an aromatic ring is 1. The summed E-state index contributed by atoms with van der Waals surface area (Å²) < 4.78 is 5.60. The van der Waals surface area contributed by atoms with Gasteiger partial charge in [-0.15, -0.1) is 0 Å². The molecule has 0 aliphatic rings. The van der Waals surface area contributed by atoms with E-state index in [9.17, 15) is 4.79 Å². The number of methoxy groups -OCH3 is 1. The van der Waals surface area contributed by atoms with Crippen LogP contribution in [-0.4, -0.2) is 13.1 Å². The van der Waals surface area contributed by atoms with Crippen molar-refractivity contribution in [2.45, 2.75) is 9.79 Å². The first-order chi connectivity index (χ1) is 9.10. The Kier molecular flexibility index (Phi) is 4.71. The first-order valence-corrected chi connectivity index (χ1v) is 7.41. The normalized spacial score (nSPS) is 10.2. The number of carbonyl (C=O) groups excluding carboxylic acids is 1. The molecule has 0 aromatic heterocycles. The van der Waals surface area contributed by atoms with E-state index in [1.54, 1.807) is 17.8 Å². The van der Waals surface area contributed by atoms with Crippen molar-refractivity contribution in [1.29, 1.82) is 0 Å². The van der Waals surface area contributed by atoms with Crippen LogP contribution >= 0.6 is 34.4 Å². The van der Waals surface area contributed by atoms with E-state index in [0.717, 1.165) is 19.0 Å². The molecule has 0 bridgehead atoms. The number of ether oxygens (including phenoxy) is 1. The van der Waals surface area contributed by atoms with Crippen LogP contribution in [0.5, 0.6) is 0 Å². The molecule has 3 nitrogen and oxygen atoms in total. The minimum absolute atomic E-state index is 0.312. The molecular formula is C14H12INO2S. The number of carbonyl (C=O) groups is 1. The summed E-state index contributed by atoms with van der Waals surface area (Å²) in [7, 11) is 1.38. The molecule has 0 atom stereocenters. The number of anilines is 1. The third-order valence-electron chi connectivity index (χ3n) is 2.46. The van der Waals surface area contributed by atoms with Gasteiger partial charge in [-0.25, -0.2) is 4.79 Å². The molecule has 2 rings (SSSR count). The van der Waals surface area contributed by atoms with Crippen LogP contribution in [0.15, 0.2) is 52.3 Å². The van der Waals surface area contributed by atoms with Gasteiger partial charge in [0.15, 0.2) is 0 Å². The predicted molar refractivity (Wildman–Crippen MR) is 85.5 cm³/mol. The van der Waals surface area contributed by atoms with Gasteiger partial charge in [0.05, 0.1) is 12.7 Å². The highest BCUT2D eigenvalue weighted by atomic mass is 127. The maximum Gasteiger partial charge on any atom is 0.338 e. The third kappa shape index (κ3) is 3.63. The molecule has 0 unspecified atom stereocenters. The molecule has 0 fully saturated rings. The van der Waals surface area contributed by atoms with Gasteiger partial charge in [0.25, 0.3) is 0 Å². The van der Waals surface area contributed by atoms with E-state index in [4.69, 9.17) is 10.5 Å². The first-order valence-electron chi connectivity index (χ1n) is 5.51. The molecule has 0 aliphatic carbocycles. The van der Waals surface area contributed by atoms with Crippen molar-refractivity contribution in [2.75, 3.05) is 12.8 Å². The summed E-state index contributed by atoms with van der Waals surface area (Å²) in [5.74, 6) is -0.312. The second-order valence-electron chi connectivity index (χ2n) is 3.80. The Morgan fingerprint density at radius 1 is 1.16 bits per heavy atom.